The van der Waals surface area contributed by atoms with Crippen LogP contribution >= 0.6 is 0 Å². The Morgan fingerprint density at radius 2 is 1.83 bits per heavy atom. The fourth-order valence-corrected chi connectivity index (χ4v) is 2.53. The van der Waals surface area contributed by atoms with E-state index in [1.807, 2.05) is 25.1 Å². The average molecular weight is 397 g/mol. The van der Waals surface area contributed by atoms with E-state index in [0.717, 1.165) is 5.56 Å². The average Bonchev–Trinajstić information content (AvgIpc) is 2.68. The molecule has 2 aromatic carbocycles. The number of nitro benzene ring substituents is 1. The van der Waals surface area contributed by atoms with Crippen molar-refractivity contribution in [2.24, 2.45) is 5.10 Å². The number of amides is 2. The molecule has 9 nitrogen and oxygen atoms in total. The van der Waals surface area contributed by atoms with Gasteiger partial charge in [-0.05, 0) is 24.6 Å². The monoisotopic (exact) mass is 397 g/mol. The molecule has 0 aromatic heterocycles. The molecule has 2 aromatic rings. The number of carbonyl (C=O) groups is 2. The second-order valence-corrected chi connectivity index (χ2v) is 6.56. The van der Waals surface area contributed by atoms with Gasteiger partial charge in [-0.1, -0.05) is 24.3 Å². The fourth-order valence-electron chi connectivity index (χ4n) is 2.53. The molecule has 0 spiro atoms. The highest BCUT2D eigenvalue weighted by atomic mass is 16.6. The predicted octanol–water partition coefficient (Wildman–Crippen LogP) is 2.84. The number of aryl methyl sites for hydroxylation is 1. The van der Waals surface area contributed by atoms with Crippen molar-refractivity contribution < 1.29 is 14.5 Å². The smallest absolute Gasteiger partial charge is 0.293 e. The molecule has 0 radical (unpaired) electrons. The molecule has 2 rings (SSSR count). The lowest BCUT2D eigenvalue weighted by Crippen LogP contribution is -2.20. The van der Waals surface area contributed by atoms with E-state index in [1.165, 1.54) is 12.3 Å². The molecule has 0 atom stereocenters. The number of nitrogens with one attached hydrogen (secondary N) is 2. The number of hydrogen-bond acceptors (Lipinski definition) is 6. The number of hydrazone groups is 1. The summed E-state index contributed by atoms with van der Waals surface area (Å²) in [5.41, 5.74) is 4.84. The molecule has 0 saturated carbocycles. The number of hydrogen-bond donors (Lipinski definition) is 2. The van der Waals surface area contributed by atoms with Crippen molar-refractivity contribution in [1.29, 1.82) is 0 Å². The van der Waals surface area contributed by atoms with Gasteiger partial charge < -0.3 is 10.2 Å². The minimum atomic E-state index is -0.474. The van der Waals surface area contributed by atoms with Crippen LogP contribution in [0.4, 0.5) is 17.1 Å². The lowest BCUT2D eigenvalue weighted by molar-refractivity contribution is -0.384. The molecule has 0 unspecified atom stereocenters. The zero-order valence-corrected chi connectivity index (χ0v) is 16.5. The first-order chi connectivity index (χ1) is 13.8. The van der Waals surface area contributed by atoms with Crippen LogP contribution in [0.3, 0.4) is 0 Å². The lowest BCUT2D eigenvalue weighted by Gasteiger charge is -2.12. The maximum atomic E-state index is 12.0. The summed E-state index contributed by atoms with van der Waals surface area (Å²) in [6, 6.07) is 12.0. The van der Waals surface area contributed by atoms with Crippen molar-refractivity contribution >= 4 is 35.1 Å². The van der Waals surface area contributed by atoms with Gasteiger partial charge in [-0.2, -0.15) is 5.10 Å². The van der Waals surface area contributed by atoms with Gasteiger partial charge >= 0.3 is 0 Å². The Bertz CT molecular complexity index is 940. The normalized spacial score (nSPS) is 10.6. The number of anilines is 2. The first-order valence-corrected chi connectivity index (χ1v) is 8.91. The third-order valence-electron chi connectivity index (χ3n) is 4.08. The summed E-state index contributed by atoms with van der Waals surface area (Å²) in [5, 5.41) is 17.7. The minimum Gasteiger partial charge on any atom is -0.372 e. The quantitative estimate of drug-likeness (QED) is 0.403. The van der Waals surface area contributed by atoms with Crippen LogP contribution in [-0.4, -0.2) is 37.0 Å². The number of benzene rings is 2. The standard InChI is InChI=1S/C20H23N5O4/c1-14-6-4-5-7-16(14)22-19(26)10-11-20(27)23-21-13-15-8-9-17(24(2)3)18(12-15)25(28)29/h4-9,12-13H,10-11H2,1-3H3,(H,22,26)(H,23,27). The summed E-state index contributed by atoms with van der Waals surface area (Å²) >= 11 is 0. The maximum absolute atomic E-state index is 12.0. The Hall–Kier alpha value is -3.75. The van der Waals surface area contributed by atoms with Gasteiger partial charge in [-0.15, -0.1) is 0 Å². The van der Waals surface area contributed by atoms with Crippen LogP contribution in [0.2, 0.25) is 0 Å². The zero-order chi connectivity index (χ0) is 21.4. The fraction of sp³-hybridized carbons (Fsp3) is 0.250. The highest BCUT2D eigenvalue weighted by molar-refractivity contribution is 5.94. The molecule has 0 heterocycles. The maximum Gasteiger partial charge on any atom is 0.293 e. The van der Waals surface area contributed by atoms with Gasteiger partial charge in [0.25, 0.3) is 5.69 Å². The van der Waals surface area contributed by atoms with Gasteiger partial charge in [0.2, 0.25) is 11.8 Å². The van der Waals surface area contributed by atoms with Crippen LogP contribution in [0.15, 0.2) is 47.6 Å². The van der Waals surface area contributed by atoms with Crippen LogP contribution in [0.5, 0.6) is 0 Å². The Kier molecular flexibility index (Phi) is 7.41. The van der Waals surface area contributed by atoms with Crippen LogP contribution in [0, 0.1) is 17.0 Å². The molecule has 152 valence electrons. The largest absolute Gasteiger partial charge is 0.372 e. The van der Waals surface area contributed by atoms with Gasteiger partial charge in [0.05, 0.1) is 11.1 Å². The molecule has 29 heavy (non-hydrogen) atoms. The number of carbonyl (C=O) groups excluding carboxylic acids is 2. The van der Waals surface area contributed by atoms with Crippen molar-refractivity contribution in [2.45, 2.75) is 19.8 Å². The number of para-hydroxylation sites is 1. The van der Waals surface area contributed by atoms with E-state index in [4.69, 9.17) is 0 Å². The van der Waals surface area contributed by atoms with Gasteiger partial charge in [0.15, 0.2) is 0 Å². The van der Waals surface area contributed by atoms with Crippen molar-refractivity contribution in [2.75, 3.05) is 24.3 Å². The molecule has 0 fully saturated rings. The molecular weight excluding hydrogens is 374 g/mol. The Labute approximate surface area is 168 Å². The van der Waals surface area contributed by atoms with Crippen LogP contribution in [0.1, 0.15) is 24.0 Å². The third kappa shape index (κ3) is 6.42. The van der Waals surface area contributed by atoms with E-state index in [0.29, 0.717) is 16.9 Å². The predicted molar refractivity (Wildman–Crippen MR) is 112 cm³/mol. The summed E-state index contributed by atoms with van der Waals surface area (Å²) in [5.74, 6) is -0.700. The second kappa shape index (κ2) is 9.98. The van der Waals surface area contributed by atoms with Crippen molar-refractivity contribution in [3.63, 3.8) is 0 Å². The van der Waals surface area contributed by atoms with E-state index >= 15 is 0 Å². The Morgan fingerprint density at radius 1 is 1.14 bits per heavy atom. The van der Waals surface area contributed by atoms with Gasteiger partial charge in [-0.3, -0.25) is 19.7 Å². The molecular formula is C20H23N5O4. The molecule has 0 bridgehead atoms. The van der Waals surface area contributed by atoms with E-state index in [2.05, 4.69) is 15.8 Å². The lowest BCUT2D eigenvalue weighted by atomic mass is 10.2. The van der Waals surface area contributed by atoms with Gasteiger partial charge in [0, 0.05) is 44.3 Å². The van der Waals surface area contributed by atoms with Crippen molar-refractivity contribution in [3.8, 4) is 0 Å². The molecule has 0 aliphatic rings. The van der Waals surface area contributed by atoms with Gasteiger partial charge in [-0.25, -0.2) is 5.43 Å². The molecule has 9 heteroatoms. The van der Waals surface area contributed by atoms with E-state index in [1.54, 1.807) is 37.2 Å². The van der Waals surface area contributed by atoms with E-state index < -0.39 is 10.8 Å². The SMILES string of the molecule is Cc1ccccc1NC(=O)CCC(=O)NN=Cc1ccc(N(C)C)c([N+](=O)[O-])c1. The number of nitrogens with zero attached hydrogens (tertiary/aromatic N) is 3. The van der Waals surface area contributed by atoms with Gasteiger partial charge in [0.1, 0.15) is 5.69 Å². The Balaban J connectivity index is 1.86. The summed E-state index contributed by atoms with van der Waals surface area (Å²) < 4.78 is 0. The highest BCUT2D eigenvalue weighted by Crippen LogP contribution is 2.27. The summed E-state index contributed by atoms with van der Waals surface area (Å²) in [6.07, 6.45) is 1.30. The topological polar surface area (TPSA) is 117 Å². The van der Waals surface area contributed by atoms with Crippen LogP contribution in [0.25, 0.3) is 0 Å². The van der Waals surface area contributed by atoms with E-state index in [-0.39, 0.29) is 24.4 Å². The number of rotatable bonds is 8. The molecule has 2 amide bonds. The molecule has 0 saturated heterocycles. The minimum absolute atomic E-state index is 0.0126. The van der Waals surface area contributed by atoms with Crippen molar-refractivity contribution in [1.82, 2.24) is 5.43 Å². The Morgan fingerprint density at radius 3 is 2.48 bits per heavy atom. The summed E-state index contributed by atoms with van der Waals surface area (Å²) in [7, 11) is 3.43. The first-order valence-electron chi connectivity index (χ1n) is 8.91. The zero-order valence-electron chi connectivity index (χ0n) is 16.5. The third-order valence-corrected chi connectivity index (χ3v) is 4.08. The highest BCUT2D eigenvalue weighted by Gasteiger charge is 2.15. The summed E-state index contributed by atoms with van der Waals surface area (Å²) in [4.78, 5) is 36.2. The van der Waals surface area contributed by atoms with Crippen molar-refractivity contribution in [3.05, 3.63) is 63.7 Å². The molecule has 2 N–H and O–H groups in total. The molecule has 0 aliphatic carbocycles. The van der Waals surface area contributed by atoms with Crippen LogP contribution < -0.4 is 15.6 Å². The second-order valence-electron chi connectivity index (χ2n) is 6.56. The van der Waals surface area contributed by atoms with E-state index in [9.17, 15) is 19.7 Å². The van der Waals surface area contributed by atoms with Crippen LogP contribution in [-0.2, 0) is 9.59 Å². The number of nitro groups is 1. The molecule has 0 aliphatic heterocycles. The summed E-state index contributed by atoms with van der Waals surface area (Å²) in [6.45, 7) is 1.88. The first kappa shape index (κ1) is 21.5.